The Kier molecular flexibility index (Phi) is 5.28. The Morgan fingerprint density at radius 2 is 1.95 bits per heavy atom. The van der Waals surface area contributed by atoms with Crippen LogP contribution < -0.4 is 5.73 Å². The van der Waals surface area contributed by atoms with Gasteiger partial charge in [-0.25, -0.2) is 8.42 Å². The third kappa shape index (κ3) is 3.78. The molecule has 1 aliphatic rings. The average molecular weight is 329 g/mol. The molecule has 0 radical (unpaired) electrons. The molecular formula is C13H19N3O3S2. The van der Waals surface area contributed by atoms with E-state index in [0.717, 1.165) is 0 Å². The summed E-state index contributed by atoms with van der Waals surface area (Å²) in [5.41, 5.74) is 6.09. The third-order valence-electron chi connectivity index (χ3n) is 3.50. The van der Waals surface area contributed by atoms with Crippen molar-refractivity contribution in [3.63, 3.8) is 0 Å². The Morgan fingerprint density at radius 1 is 1.29 bits per heavy atom. The van der Waals surface area contributed by atoms with Crippen molar-refractivity contribution in [2.45, 2.75) is 4.90 Å². The number of hydrogen-bond acceptors (Lipinski definition) is 5. The molecule has 0 unspecified atom stereocenters. The lowest BCUT2D eigenvalue weighted by Crippen LogP contribution is -2.49. The van der Waals surface area contributed by atoms with E-state index in [1.165, 1.54) is 10.4 Å². The smallest absolute Gasteiger partial charge is 0.243 e. The monoisotopic (exact) mass is 329 g/mol. The molecule has 1 saturated heterocycles. The summed E-state index contributed by atoms with van der Waals surface area (Å²) in [7, 11) is -3.53. The first kappa shape index (κ1) is 16.3. The largest absolute Gasteiger partial charge is 0.395 e. The number of benzene rings is 1. The van der Waals surface area contributed by atoms with Crippen LogP contribution in [-0.4, -0.2) is 67.0 Å². The minimum absolute atomic E-state index is 0.0861. The zero-order chi connectivity index (χ0) is 15.5. The molecule has 21 heavy (non-hydrogen) atoms. The van der Waals surface area contributed by atoms with Crippen LogP contribution in [0.25, 0.3) is 0 Å². The zero-order valence-electron chi connectivity index (χ0n) is 11.6. The van der Waals surface area contributed by atoms with Crippen molar-refractivity contribution in [2.24, 2.45) is 5.73 Å². The van der Waals surface area contributed by atoms with Gasteiger partial charge in [0.15, 0.2) is 0 Å². The molecule has 0 aromatic heterocycles. The normalized spacial score (nSPS) is 17.8. The summed E-state index contributed by atoms with van der Waals surface area (Å²) in [6.07, 6.45) is 0. The number of rotatable bonds is 5. The standard InChI is InChI=1S/C13H19N3O3S2/c14-13(20)11-2-1-3-12(10-11)21(18,19)16-6-4-15(5-7-16)8-9-17/h1-3,10,17H,4-9H2,(H2,14,20). The fourth-order valence-corrected chi connectivity index (χ4v) is 3.89. The number of sulfonamides is 1. The van der Waals surface area contributed by atoms with Gasteiger partial charge in [-0.1, -0.05) is 24.4 Å². The molecule has 6 nitrogen and oxygen atoms in total. The maximum atomic E-state index is 12.6. The van der Waals surface area contributed by atoms with Crippen LogP contribution in [0.3, 0.4) is 0 Å². The second-order valence-corrected chi connectivity index (χ2v) is 7.24. The van der Waals surface area contributed by atoms with E-state index < -0.39 is 10.0 Å². The van der Waals surface area contributed by atoms with Crippen LogP contribution in [0.5, 0.6) is 0 Å². The van der Waals surface area contributed by atoms with Gasteiger partial charge in [-0.2, -0.15) is 4.31 Å². The first-order valence-corrected chi connectivity index (χ1v) is 8.53. The van der Waals surface area contributed by atoms with Gasteiger partial charge in [0.2, 0.25) is 10.0 Å². The summed E-state index contributed by atoms with van der Waals surface area (Å²) in [6.45, 7) is 2.73. The molecule has 0 bridgehead atoms. The van der Waals surface area contributed by atoms with E-state index in [1.54, 1.807) is 18.2 Å². The average Bonchev–Trinajstić information content (AvgIpc) is 2.48. The molecule has 0 aliphatic carbocycles. The summed E-state index contributed by atoms with van der Waals surface area (Å²) >= 11 is 4.88. The van der Waals surface area contributed by atoms with Crippen LogP contribution in [0, 0.1) is 0 Å². The van der Waals surface area contributed by atoms with E-state index in [0.29, 0.717) is 38.3 Å². The second kappa shape index (κ2) is 6.80. The van der Waals surface area contributed by atoms with Gasteiger partial charge in [0.1, 0.15) is 4.99 Å². The second-order valence-electron chi connectivity index (χ2n) is 4.86. The predicted molar refractivity (Wildman–Crippen MR) is 84.6 cm³/mol. The summed E-state index contributed by atoms with van der Waals surface area (Å²) in [4.78, 5) is 2.43. The van der Waals surface area contributed by atoms with Gasteiger partial charge in [0.05, 0.1) is 11.5 Å². The lowest BCUT2D eigenvalue weighted by Gasteiger charge is -2.33. The van der Waals surface area contributed by atoms with Crippen LogP contribution in [0.15, 0.2) is 29.2 Å². The highest BCUT2D eigenvalue weighted by Crippen LogP contribution is 2.18. The van der Waals surface area contributed by atoms with E-state index in [2.05, 4.69) is 0 Å². The van der Waals surface area contributed by atoms with Gasteiger partial charge in [0.25, 0.3) is 0 Å². The van der Waals surface area contributed by atoms with Gasteiger partial charge >= 0.3 is 0 Å². The van der Waals surface area contributed by atoms with E-state index in [4.69, 9.17) is 23.1 Å². The first-order chi connectivity index (χ1) is 9.95. The van der Waals surface area contributed by atoms with E-state index in [1.807, 2.05) is 4.90 Å². The van der Waals surface area contributed by atoms with Gasteiger partial charge in [-0.05, 0) is 12.1 Å². The molecular weight excluding hydrogens is 310 g/mol. The molecule has 1 aliphatic heterocycles. The third-order valence-corrected chi connectivity index (χ3v) is 5.63. The number of aliphatic hydroxyl groups excluding tert-OH is 1. The molecule has 0 amide bonds. The zero-order valence-corrected chi connectivity index (χ0v) is 13.2. The van der Waals surface area contributed by atoms with Crippen LogP contribution in [0.4, 0.5) is 0 Å². The maximum absolute atomic E-state index is 12.6. The molecule has 1 aromatic carbocycles. The van der Waals surface area contributed by atoms with Crippen molar-refractivity contribution in [3.8, 4) is 0 Å². The summed E-state index contributed by atoms with van der Waals surface area (Å²) in [6, 6.07) is 6.40. The number of hydrogen-bond donors (Lipinski definition) is 2. The summed E-state index contributed by atoms with van der Waals surface area (Å²) in [5, 5.41) is 8.91. The highest BCUT2D eigenvalue weighted by molar-refractivity contribution is 7.89. The minimum atomic E-state index is -3.53. The highest BCUT2D eigenvalue weighted by atomic mass is 32.2. The van der Waals surface area contributed by atoms with Crippen LogP contribution in [-0.2, 0) is 10.0 Å². The maximum Gasteiger partial charge on any atom is 0.243 e. The van der Waals surface area contributed by atoms with E-state index in [-0.39, 0.29) is 16.5 Å². The van der Waals surface area contributed by atoms with E-state index >= 15 is 0 Å². The molecule has 1 fully saturated rings. The number of aliphatic hydroxyl groups is 1. The molecule has 1 aromatic rings. The molecule has 3 N–H and O–H groups in total. The van der Waals surface area contributed by atoms with Gasteiger partial charge in [-0.15, -0.1) is 0 Å². The van der Waals surface area contributed by atoms with Crippen LogP contribution >= 0.6 is 12.2 Å². The van der Waals surface area contributed by atoms with Crippen molar-refractivity contribution in [1.29, 1.82) is 0 Å². The van der Waals surface area contributed by atoms with E-state index in [9.17, 15) is 8.42 Å². The summed E-state index contributed by atoms with van der Waals surface area (Å²) in [5.74, 6) is 0. The molecule has 0 saturated carbocycles. The summed E-state index contributed by atoms with van der Waals surface area (Å²) < 4.78 is 26.7. The molecule has 0 atom stereocenters. The van der Waals surface area contributed by atoms with Crippen LogP contribution in [0.1, 0.15) is 5.56 Å². The number of nitrogens with zero attached hydrogens (tertiary/aromatic N) is 2. The minimum Gasteiger partial charge on any atom is -0.395 e. The van der Waals surface area contributed by atoms with Gasteiger partial charge < -0.3 is 10.8 Å². The molecule has 2 rings (SSSR count). The highest BCUT2D eigenvalue weighted by Gasteiger charge is 2.28. The van der Waals surface area contributed by atoms with Gasteiger partial charge in [-0.3, -0.25) is 4.90 Å². The lowest BCUT2D eigenvalue weighted by molar-refractivity contribution is 0.151. The van der Waals surface area contributed by atoms with Crippen LogP contribution in [0.2, 0.25) is 0 Å². The quantitative estimate of drug-likeness (QED) is 0.716. The number of thiocarbonyl (C=S) groups is 1. The fraction of sp³-hybridized carbons (Fsp3) is 0.462. The van der Waals surface area contributed by atoms with Crippen molar-refractivity contribution in [3.05, 3.63) is 29.8 Å². The Hall–Kier alpha value is -1.06. The van der Waals surface area contributed by atoms with Gasteiger partial charge in [0, 0.05) is 38.3 Å². The number of nitrogens with two attached hydrogens (primary N) is 1. The Bertz CT molecular complexity index is 611. The molecule has 1 heterocycles. The number of piperazine rings is 1. The van der Waals surface area contributed by atoms with Crippen molar-refractivity contribution in [2.75, 3.05) is 39.3 Å². The number of β-amino-alcohol motifs (C(OH)–C–C–N with tert-alkyl or cyclic N) is 1. The van der Waals surface area contributed by atoms with Crippen molar-refractivity contribution in [1.82, 2.24) is 9.21 Å². The Morgan fingerprint density at radius 3 is 2.52 bits per heavy atom. The first-order valence-electron chi connectivity index (χ1n) is 6.68. The Balaban J connectivity index is 2.16. The fourth-order valence-electron chi connectivity index (χ4n) is 2.29. The SMILES string of the molecule is NC(=S)c1cccc(S(=O)(=O)N2CCN(CCO)CC2)c1. The molecule has 116 valence electrons. The molecule has 0 spiro atoms. The lowest BCUT2D eigenvalue weighted by atomic mass is 10.2. The predicted octanol–water partition coefficient (Wildman–Crippen LogP) is -0.381. The van der Waals surface area contributed by atoms with Crippen molar-refractivity contribution < 1.29 is 13.5 Å². The Labute approximate surface area is 130 Å². The molecule has 8 heteroatoms. The van der Waals surface area contributed by atoms with Crippen molar-refractivity contribution >= 4 is 27.2 Å². The topological polar surface area (TPSA) is 86.9 Å².